The van der Waals surface area contributed by atoms with Gasteiger partial charge in [0.25, 0.3) is 0 Å². The van der Waals surface area contributed by atoms with Gasteiger partial charge in [-0.1, -0.05) is 29.4 Å². The predicted octanol–water partition coefficient (Wildman–Crippen LogP) is 1.70. The monoisotopic (exact) mass is 387 g/mol. The number of oxime groups is 1. The molecule has 3 rings (SSSR count). The summed E-state index contributed by atoms with van der Waals surface area (Å²) in [5, 5.41) is 7.78. The number of hydrogen-bond donors (Lipinski definition) is 2. The Hall–Kier alpha value is -3.23. The number of nitrogens with two attached hydrogens (primary N) is 2. The van der Waals surface area contributed by atoms with Gasteiger partial charge in [0.05, 0.1) is 17.7 Å². The van der Waals surface area contributed by atoms with Crippen LogP contribution in [0.1, 0.15) is 46.6 Å². The van der Waals surface area contributed by atoms with Crippen molar-refractivity contribution < 1.29 is 18.8 Å². The van der Waals surface area contributed by atoms with Gasteiger partial charge in [0.15, 0.2) is 11.5 Å². The number of aryl methyl sites for hydroxylation is 2. The molecular formula is C19H22FN5O3. The molecule has 1 aliphatic carbocycles. The van der Waals surface area contributed by atoms with Crippen molar-refractivity contribution in [1.29, 1.82) is 0 Å². The summed E-state index contributed by atoms with van der Waals surface area (Å²) in [6, 6.07) is 9.11. The highest BCUT2D eigenvalue weighted by Gasteiger charge is 2.49. The van der Waals surface area contributed by atoms with Gasteiger partial charge in [-0.05, 0) is 37.0 Å². The molecule has 4 N–H and O–H groups in total. The summed E-state index contributed by atoms with van der Waals surface area (Å²) < 4.78 is 14.3. The highest BCUT2D eigenvalue weighted by Crippen LogP contribution is 2.49. The molecule has 0 aliphatic heterocycles. The van der Waals surface area contributed by atoms with Gasteiger partial charge in [-0.25, -0.2) is 9.18 Å². The second-order valence-corrected chi connectivity index (χ2v) is 6.85. The molecule has 2 aromatic rings. The highest BCUT2D eigenvalue weighted by molar-refractivity contribution is 5.95. The van der Waals surface area contributed by atoms with Crippen LogP contribution in [0, 0.1) is 6.92 Å². The molecule has 148 valence electrons. The molecule has 0 atom stereocenters. The van der Waals surface area contributed by atoms with E-state index in [9.17, 15) is 14.0 Å². The molecule has 1 fully saturated rings. The molecule has 1 saturated carbocycles. The van der Waals surface area contributed by atoms with E-state index in [4.69, 9.17) is 16.3 Å². The summed E-state index contributed by atoms with van der Waals surface area (Å²) >= 11 is 0. The van der Waals surface area contributed by atoms with E-state index in [0.29, 0.717) is 0 Å². The van der Waals surface area contributed by atoms with E-state index in [0.717, 1.165) is 24.0 Å². The molecule has 1 aliphatic rings. The van der Waals surface area contributed by atoms with E-state index >= 15 is 0 Å². The lowest BCUT2D eigenvalue weighted by molar-refractivity contribution is -0.118. The van der Waals surface area contributed by atoms with Crippen molar-refractivity contribution in [3.63, 3.8) is 0 Å². The van der Waals surface area contributed by atoms with E-state index in [1.165, 1.54) is 10.7 Å². The lowest BCUT2D eigenvalue weighted by Crippen LogP contribution is -2.30. The zero-order valence-electron chi connectivity index (χ0n) is 15.5. The number of amidine groups is 1. The normalized spacial score (nSPS) is 15.3. The number of rotatable bonds is 8. The minimum Gasteiger partial charge on any atom is -0.384 e. The molecule has 0 saturated heterocycles. The number of carbonyl (C=O) groups excluding carboxylic acids is 2. The molecule has 1 aromatic carbocycles. The largest absolute Gasteiger partial charge is 0.385 e. The molecule has 0 unspecified atom stereocenters. The van der Waals surface area contributed by atoms with Crippen LogP contribution in [0.4, 0.5) is 4.39 Å². The fourth-order valence-electron chi connectivity index (χ4n) is 3.20. The van der Waals surface area contributed by atoms with Crippen molar-refractivity contribution >= 4 is 17.7 Å². The second-order valence-electron chi connectivity index (χ2n) is 6.85. The molecule has 9 heteroatoms. The Balaban J connectivity index is 1.73. The van der Waals surface area contributed by atoms with Gasteiger partial charge in [-0.2, -0.15) is 5.10 Å². The van der Waals surface area contributed by atoms with Crippen LogP contribution in [0.2, 0.25) is 0 Å². The van der Waals surface area contributed by atoms with E-state index < -0.39 is 24.0 Å². The summed E-state index contributed by atoms with van der Waals surface area (Å²) in [5.74, 6) is -1.18. The number of nitrogens with zero attached hydrogens (tertiary/aromatic N) is 3. The van der Waals surface area contributed by atoms with Crippen LogP contribution in [0.5, 0.6) is 0 Å². The first-order valence-electron chi connectivity index (χ1n) is 8.90. The van der Waals surface area contributed by atoms with Crippen LogP contribution in [-0.4, -0.2) is 27.5 Å². The van der Waals surface area contributed by atoms with E-state index in [2.05, 4.69) is 10.3 Å². The first kappa shape index (κ1) is 19.5. The average molecular weight is 387 g/mol. The van der Waals surface area contributed by atoms with E-state index in [-0.39, 0.29) is 30.2 Å². The highest BCUT2D eigenvalue weighted by atomic mass is 19.1. The quantitative estimate of drug-likeness (QED) is 0.309. The Kier molecular flexibility index (Phi) is 5.43. The maximum atomic E-state index is 13.1. The number of benzene rings is 1. The van der Waals surface area contributed by atoms with Crippen LogP contribution in [-0.2, 0) is 28.3 Å². The van der Waals surface area contributed by atoms with Crippen molar-refractivity contribution in [3.8, 4) is 0 Å². The number of amides is 1. The van der Waals surface area contributed by atoms with Gasteiger partial charge in [-0.3, -0.25) is 9.48 Å². The smallest absolute Gasteiger partial charge is 0.384 e. The average Bonchev–Trinajstić information content (AvgIpc) is 3.37. The van der Waals surface area contributed by atoms with Crippen molar-refractivity contribution in [1.82, 2.24) is 9.78 Å². The van der Waals surface area contributed by atoms with Gasteiger partial charge in [0, 0.05) is 6.42 Å². The van der Waals surface area contributed by atoms with Crippen molar-refractivity contribution in [3.05, 3.63) is 52.8 Å². The summed E-state index contributed by atoms with van der Waals surface area (Å²) in [6.45, 7) is 1.22. The number of carbonyl (C=O) groups is 2. The van der Waals surface area contributed by atoms with Gasteiger partial charge in [-0.15, -0.1) is 0 Å². The zero-order chi connectivity index (χ0) is 20.3. The van der Waals surface area contributed by atoms with Gasteiger partial charge in [0.2, 0.25) is 5.91 Å². The topological polar surface area (TPSA) is 126 Å². The summed E-state index contributed by atoms with van der Waals surface area (Å²) in [5.41, 5.74) is 13.0. The Labute approximate surface area is 161 Å². The summed E-state index contributed by atoms with van der Waals surface area (Å²) in [7, 11) is 0. The molecule has 1 amide bonds. The van der Waals surface area contributed by atoms with Crippen molar-refractivity contribution in [2.45, 2.75) is 44.8 Å². The number of aromatic nitrogens is 2. The third-order valence-electron chi connectivity index (χ3n) is 4.91. The summed E-state index contributed by atoms with van der Waals surface area (Å²) in [4.78, 5) is 28.1. The van der Waals surface area contributed by atoms with Crippen LogP contribution in [0.25, 0.3) is 0 Å². The van der Waals surface area contributed by atoms with Crippen LogP contribution in [0.15, 0.2) is 35.5 Å². The van der Waals surface area contributed by atoms with E-state index in [1.807, 2.05) is 31.2 Å². The maximum absolute atomic E-state index is 13.1. The lowest BCUT2D eigenvalue weighted by atomic mass is 9.91. The molecule has 0 radical (unpaired) electrons. The standard InChI is InChI=1S/C19H22FN5O3/c1-12-4-2-3-5-14(12)19(7-8-19)18(22)24-28-17(27)15-10-13(11-20)25(23-15)9-6-16(21)26/h2-5,10H,6-9,11H2,1H3,(H2,21,26)(H2,22,24). The molecule has 28 heavy (non-hydrogen) atoms. The lowest BCUT2D eigenvalue weighted by Gasteiger charge is -2.16. The van der Waals surface area contributed by atoms with Crippen LogP contribution in [0.3, 0.4) is 0 Å². The Morgan fingerprint density at radius 3 is 2.64 bits per heavy atom. The minimum atomic E-state index is -0.851. The van der Waals surface area contributed by atoms with Gasteiger partial charge < -0.3 is 16.3 Å². The van der Waals surface area contributed by atoms with Crippen LogP contribution < -0.4 is 11.5 Å². The molecule has 8 nitrogen and oxygen atoms in total. The fraction of sp³-hybridized carbons (Fsp3) is 0.368. The molecule has 1 aromatic heterocycles. The SMILES string of the molecule is Cc1ccccc1C1(/C(N)=N/OC(=O)c2cc(CF)n(CCC(N)=O)n2)CC1. The Morgan fingerprint density at radius 1 is 1.32 bits per heavy atom. The van der Waals surface area contributed by atoms with Gasteiger partial charge >= 0.3 is 5.97 Å². The maximum Gasteiger partial charge on any atom is 0.385 e. The Bertz CT molecular complexity index is 933. The third kappa shape index (κ3) is 3.88. The minimum absolute atomic E-state index is 0.0206. The molecule has 0 bridgehead atoms. The van der Waals surface area contributed by atoms with Gasteiger partial charge in [0.1, 0.15) is 6.67 Å². The predicted molar refractivity (Wildman–Crippen MR) is 100.0 cm³/mol. The first-order chi connectivity index (χ1) is 13.4. The molecule has 1 heterocycles. The third-order valence-corrected chi connectivity index (χ3v) is 4.91. The zero-order valence-corrected chi connectivity index (χ0v) is 15.5. The number of alkyl halides is 1. The molecule has 0 spiro atoms. The van der Waals surface area contributed by atoms with Crippen molar-refractivity contribution in [2.75, 3.05) is 0 Å². The van der Waals surface area contributed by atoms with Crippen molar-refractivity contribution in [2.24, 2.45) is 16.6 Å². The number of halogens is 1. The number of hydrogen-bond acceptors (Lipinski definition) is 5. The second kappa shape index (κ2) is 7.79. The first-order valence-corrected chi connectivity index (χ1v) is 8.90. The Morgan fingerprint density at radius 2 is 2.04 bits per heavy atom. The molecular weight excluding hydrogens is 365 g/mol. The number of primary amides is 1. The van der Waals surface area contributed by atoms with E-state index in [1.54, 1.807) is 0 Å². The fourth-order valence-corrected chi connectivity index (χ4v) is 3.20. The summed E-state index contributed by atoms with van der Waals surface area (Å²) in [6.07, 6.45) is 1.62. The van der Waals surface area contributed by atoms with Crippen LogP contribution >= 0.6 is 0 Å².